The van der Waals surface area contributed by atoms with Crippen LogP contribution >= 0.6 is 0 Å². The van der Waals surface area contributed by atoms with Crippen molar-refractivity contribution in [2.75, 3.05) is 20.2 Å². The maximum Gasteiger partial charge on any atom is 0.0601 e. The molecule has 0 spiro atoms. The Hall–Kier alpha value is -0.120. The Kier molecular flexibility index (Phi) is 5.45. The smallest absolute Gasteiger partial charge is 0.0601 e. The fourth-order valence-corrected chi connectivity index (χ4v) is 1.80. The highest BCUT2D eigenvalue weighted by atomic mass is 16.5. The highest BCUT2D eigenvalue weighted by Crippen LogP contribution is 2.22. The van der Waals surface area contributed by atoms with Gasteiger partial charge in [-0.05, 0) is 44.7 Å². The van der Waals surface area contributed by atoms with Crippen LogP contribution in [0, 0.1) is 5.92 Å². The molecule has 1 aliphatic rings. The van der Waals surface area contributed by atoms with E-state index in [2.05, 4.69) is 12.2 Å². The second-order valence-corrected chi connectivity index (χ2v) is 4.46. The van der Waals surface area contributed by atoms with Crippen LogP contribution < -0.4 is 11.1 Å². The molecular weight excluding hydrogens is 176 g/mol. The summed E-state index contributed by atoms with van der Waals surface area (Å²) in [5, 5.41) is 3.54. The average molecular weight is 200 g/mol. The molecule has 84 valence electrons. The van der Waals surface area contributed by atoms with Gasteiger partial charge in [0.05, 0.1) is 6.10 Å². The fraction of sp³-hybridized carbons (Fsp3) is 1.00. The molecule has 0 aromatic heterocycles. The van der Waals surface area contributed by atoms with Gasteiger partial charge >= 0.3 is 0 Å². The van der Waals surface area contributed by atoms with Crippen LogP contribution in [0.15, 0.2) is 0 Å². The number of hydrogen-bond donors (Lipinski definition) is 2. The molecule has 1 aliphatic carbocycles. The summed E-state index contributed by atoms with van der Waals surface area (Å²) >= 11 is 0. The summed E-state index contributed by atoms with van der Waals surface area (Å²) in [7, 11) is 1.80. The Morgan fingerprint density at radius 3 is 2.79 bits per heavy atom. The molecule has 1 fully saturated rings. The minimum Gasteiger partial charge on any atom is -0.381 e. The van der Waals surface area contributed by atoms with E-state index in [1.54, 1.807) is 7.11 Å². The molecule has 0 aromatic rings. The van der Waals surface area contributed by atoms with E-state index < -0.39 is 0 Å². The maximum absolute atomic E-state index is 5.55. The summed E-state index contributed by atoms with van der Waals surface area (Å²) in [4.78, 5) is 0. The first-order valence-corrected chi connectivity index (χ1v) is 5.72. The lowest BCUT2D eigenvalue weighted by atomic mass is 9.89. The SMILES string of the molecule is COC1CC(NCCCC(C)CN)C1. The first-order valence-electron chi connectivity index (χ1n) is 5.72. The summed E-state index contributed by atoms with van der Waals surface area (Å²) in [6.45, 7) is 4.16. The highest BCUT2D eigenvalue weighted by molar-refractivity contribution is 4.85. The van der Waals surface area contributed by atoms with E-state index in [0.29, 0.717) is 18.1 Å². The third-order valence-electron chi connectivity index (χ3n) is 3.14. The van der Waals surface area contributed by atoms with Crippen molar-refractivity contribution in [3.63, 3.8) is 0 Å². The Morgan fingerprint density at radius 1 is 1.50 bits per heavy atom. The van der Waals surface area contributed by atoms with Crippen molar-refractivity contribution >= 4 is 0 Å². The first kappa shape index (κ1) is 12.0. The van der Waals surface area contributed by atoms with Crippen LogP contribution in [0.2, 0.25) is 0 Å². The zero-order chi connectivity index (χ0) is 10.4. The molecule has 3 N–H and O–H groups in total. The fourth-order valence-electron chi connectivity index (χ4n) is 1.80. The predicted octanol–water partition coefficient (Wildman–Crippen LogP) is 1.13. The molecule has 1 atom stereocenters. The number of hydrogen-bond acceptors (Lipinski definition) is 3. The molecule has 3 heteroatoms. The summed E-state index contributed by atoms with van der Waals surface area (Å²) in [5.41, 5.74) is 5.55. The van der Waals surface area contributed by atoms with Crippen molar-refractivity contribution in [2.24, 2.45) is 11.7 Å². The molecule has 0 radical (unpaired) electrons. The standard InChI is InChI=1S/C11H24N2O/c1-9(8-12)4-3-5-13-10-6-11(7-10)14-2/h9-11,13H,3-8,12H2,1-2H3. The molecule has 1 saturated carbocycles. The second kappa shape index (κ2) is 6.38. The molecular formula is C11H24N2O. The lowest BCUT2D eigenvalue weighted by molar-refractivity contribution is 0.0174. The van der Waals surface area contributed by atoms with E-state index >= 15 is 0 Å². The Morgan fingerprint density at radius 2 is 2.21 bits per heavy atom. The van der Waals surface area contributed by atoms with Crippen LogP contribution in [-0.4, -0.2) is 32.3 Å². The van der Waals surface area contributed by atoms with E-state index in [-0.39, 0.29) is 0 Å². The molecule has 3 nitrogen and oxygen atoms in total. The summed E-state index contributed by atoms with van der Waals surface area (Å²) in [5.74, 6) is 0.671. The molecule has 1 unspecified atom stereocenters. The van der Waals surface area contributed by atoms with Gasteiger partial charge in [0.2, 0.25) is 0 Å². The number of nitrogens with two attached hydrogens (primary N) is 1. The summed E-state index contributed by atoms with van der Waals surface area (Å²) in [6.07, 6.45) is 5.36. The quantitative estimate of drug-likeness (QED) is 0.606. The Balaban J connectivity index is 1.86. The molecule has 0 bridgehead atoms. The minimum atomic E-state index is 0.510. The van der Waals surface area contributed by atoms with Gasteiger partial charge in [0.15, 0.2) is 0 Å². The third-order valence-corrected chi connectivity index (χ3v) is 3.14. The van der Waals surface area contributed by atoms with Crippen molar-refractivity contribution in [3.8, 4) is 0 Å². The zero-order valence-corrected chi connectivity index (χ0v) is 9.46. The molecule has 1 rings (SSSR count). The molecule has 0 aliphatic heterocycles. The van der Waals surface area contributed by atoms with Crippen LogP contribution in [0.5, 0.6) is 0 Å². The average Bonchev–Trinajstić information content (AvgIpc) is 2.14. The maximum atomic E-state index is 5.55. The van der Waals surface area contributed by atoms with Gasteiger partial charge in [0, 0.05) is 13.2 Å². The molecule has 0 amide bonds. The van der Waals surface area contributed by atoms with Crippen molar-refractivity contribution in [1.29, 1.82) is 0 Å². The monoisotopic (exact) mass is 200 g/mol. The normalized spacial score (nSPS) is 28.5. The van der Waals surface area contributed by atoms with Crippen molar-refractivity contribution in [2.45, 2.75) is 44.8 Å². The van der Waals surface area contributed by atoms with E-state index in [0.717, 1.165) is 13.1 Å². The van der Waals surface area contributed by atoms with Gasteiger partial charge in [0.25, 0.3) is 0 Å². The summed E-state index contributed by atoms with van der Waals surface area (Å²) in [6, 6.07) is 0.702. The van der Waals surface area contributed by atoms with Crippen molar-refractivity contribution in [1.82, 2.24) is 5.32 Å². The van der Waals surface area contributed by atoms with Crippen molar-refractivity contribution in [3.05, 3.63) is 0 Å². The topological polar surface area (TPSA) is 47.3 Å². The van der Waals surface area contributed by atoms with Gasteiger partial charge in [-0.3, -0.25) is 0 Å². The molecule has 0 heterocycles. The molecule has 14 heavy (non-hydrogen) atoms. The molecule has 0 saturated heterocycles. The van der Waals surface area contributed by atoms with Crippen molar-refractivity contribution < 1.29 is 4.74 Å². The third kappa shape index (κ3) is 3.95. The van der Waals surface area contributed by atoms with Gasteiger partial charge in [-0.1, -0.05) is 6.92 Å². The van der Waals surface area contributed by atoms with Crippen LogP contribution in [0.3, 0.4) is 0 Å². The highest BCUT2D eigenvalue weighted by Gasteiger charge is 2.27. The lowest BCUT2D eigenvalue weighted by Crippen LogP contribution is -2.45. The Labute approximate surface area is 87.4 Å². The number of methoxy groups -OCH3 is 1. The second-order valence-electron chi connectivity index (χ2n) is 4.46. The van der Waals surface area contributed by atoms with Gasteiger partial charge in [-0.25, -0.2) is 0 Å². The molecule has 0 aromatic carbocycles. The van der Waals surface area contributed by atoms with Gasteiger partial charge < -0.3 is 15.8 Å². The number of ether oxygens (including phenoxy) is 1. The van der Waals surface area contributed by atoms with E-state index in [1.807, 2.05) is 0 Å². The van der Waals surface area contributed by atoms with E-state index in [9.17, 15) is 0 Å². The van der Waals surface area contributed by atoms with Gasteiger partial charge in [-0.2, -0.15) is 0 Å². The first-order chi connectivity index (χ1) is 6.76. The van der Waals surface area contributed by atoms with Crippen LogP contribution in [-0.2, 0) is 4.74 Å². The lowest BCUT2D eigenvalue weighted by Gasteiger charge is -2.34. The number of rotatable bonds is 7. The largest absolute Gasteiger partial charge is 0.381 e. The van der Waals surface area contributed by atoms with Crippen LogP contribution in [0.1, 0.15) is 32.6 Å². The van der Waals surface area contributed by atoms with Gasteiger partial charge in [-0.15, -0.1) is 0 Å². The van der Waals surface area contributed by atoms with E-state index in [4.69, 9.17) is 10.5 Å². The van der Waals surface area contributed by atoms with Crippen LogP contribution in [0.25, 0.3) is 0 Å². The van der Waals surface area contributed by atoms with Crippen LogP contribution in [0.4, 0.5) is 0 Å². The van der Waals surface area contributed by atoms with E-state index in [1.165, 1.54) is 25.7 Å². The predicted molar refractivity (Wildman–Crippen MR) is 59.3 cm³/mol. The zero-order valence-electron chi connectivity index (χ0n) is 9.46. The minimum absolute atomic E-state index is 0.510. The number of nitrogens with one attached hydrogen (secondary N) is 1. The van der Waals surface area contributed by atoms with Gasteiger partial charge in [0.1, 0.15) is 0 Å². The summed E-state index contributed by atoms with van der Waals surface area (Å²) < 4.78 is 5.22. The Bertz CT molecular complexity index is 146.